The van der Waals surface area contributed by atoms with Gasteiger partial charge in [0, 0.05) is 43.7 Å². The first-order valence-corrected chi connectivity index (χ1v) is 17.7. The van der Waals surface area contributed by atoms with Crippen molar-refractivity contribution in [3.05, 3.63) is 170 Å². The number of hydrogen-bond acceptors (Lipinski definition) is 2. The molecule has 52 heavy (non-hydrogen) atoms. The minimum absolute atomic E-state index is 0.902. The molecule has 8 aromatic carbocycles. The Morgan fingerprint density at radius 1 is 0.308 bits per heavy atom. The van der Waals surface area contributed by atoms with Crippen molar-refractivity contribution in [1.82, 2.24) is 9.13 Å². The summed E-state index contributed by atoms with van der Waals surface area (Å²) in [6.45, 7) is 0. The van der Waals surface area contributed by atoms with Gasteiger partial charge in [-0.2, -0.15) is 0 Å². The van der Waals surface area contributed by atoms with Gasteiger partial charge in [-0.3, -0.25) is 0 Å². The van der Waals surface area contributed by atoms with E-state index in [1.807, 2.05) is 12.1 Å². The molecule has 4 aromatic heterocycles. The van der Waals surface area contributed by atoms with Crippen molar-refractivity contribution in [1.29, 1.82) is 0 Å². The van der Waals surface area contributed by atoms with Gasteiger partial charge in [-0.15, -0.1) is 0 Å². The van der Waals surface area contributed by atoms with E-state index in [1.165, 1.54) is 0 Å². The fourth-order valence-corrected chi connectivity index (χ4v) is 8.64. The van der Waals surface area contributed by atoms with E-state index >= 15 is 0 Å². The minimum atomic E-state index is 0.902. The summed E-state index contributed by atoms with van der Waals surface area (Å²) in [5.74, 6) is 0. The molecule has 4 heterocycles. The zero-order valence-corrected chi connectivity index (χ0v) is 27.9. The van der Waals surface area contributed by atoms with Crippen molar-refractivity contribution < 1.29 is 8.83 Å². The third-order valence-corrected chi connectivity index (χ3v) is 10.9. The summed E-state index contributed by atoms with van der Waals surface area (Å²) in [4.78, 5) is 0. The minimum Gasteiger partial charge on any atom is -0.455 e. The van der Waals surface area contributed by atoms with Crippen molar-refractivity contribution in [2.45, 2.75) is 0 Å². The number of nitrogens with zero attached hydrogens (tertiary/aromatic N) is 2. The van der Waals surface area contributed by atoms with Crippen LogP contribution in [0.3, 0.4) is 0 Å². The lowest BCUT2D eigenvalue weighted by Crippen LogP contribution is -1.93. The van der Waals surface area contributed by atoms with E-state index in [4.69, 9.17) is 8.83 Å². The highest BCUT2D eigenvalue weighted by Crippen LogP contribution is 2.44. The molecule has 4 heteroatoms. The van der Waals surface area contributed by atoms with E-state index in [1.54, 1.807) is 0 Å². The van der Waals surface area contributed by atoms with Gasteiger partial charge < -0.3 is 18.0 Å². The Balaban J connectivity index is 1.17. The van der Waals surface area contributed by atoms with Crippen LogP contribution in [0.5, 0.6) is 0 Å². The summed E-state index contributed by atoms with van der Waals surface area (Å²) >= 11 is 0. The van der Waals surface area contributed by atoms with E-state index < -0.39 is 0 Å². The molecule has 0 aliphatic carbocycles. The van der Waals surface area contributed by atoms with Gasteiger partial charge in [-0.1, -0.05) is 84.9 Å². The van der Waals surface area contributed by atoms with Gasteiger partial charge in [0.15, 0.2) is 0 Å². The number of rotatable bonds is 3. The predicted octanol–water partition coefficient (Wildman–Crippen LogP) is 13.3. The lowest BCUT2D eigenvalue weighted by atomic mass is 9.99. The molecule has 12 rings (SSSR count). The summed E-state index contributed by atoms with van der Waals surface area (Å²) in [5, 5.41) is 9.10. The number of aromatic nitrogens is 2. The molecule has 0 N–H and O–H groups in total. The third-order valence-electron chi connectivity index (χ3n) is 10.9. The molecule has 0 bridgehead atoms. The molecule has 242 valence electrons. The summed E-state index contributed by atoms with van der Waals surface area (Å²) in [6, 6.07) is 60.5. The second-order valence-electron chi connectivity index (χ2n) is 13.7. The Labute approximate surface area is 296 Å². The maximum atomic E-state index is 6.66. The molecule has 0 fully saturated rings. The number of para-hydroxylation sites is 4. The molecule has 0 amide bonds. The number of fused-ring (bicyclic) bond motifs is 14. The molecule has 0 aliphatic heterocycles. The maximum Gasteiger partial charge on any atom is 0.145 e. The molecule has 4 nitrogen and oxygen atoms in total. The van der Waals surface area contributed by atoms with Gasteiger partial charge >= 0.3 is 0 Å². The second-order valence-corrected chi connectivity index (χ2v) is 13.7. The molecule has 0 unspecified atom stereocenters. The quantitative estimate of drug-likeness (QED) is 0.188. The standard InChI is InChI=1S/C48H28N2O2/c1-3-11-31(12-4-1)49-39-23-19-29(27-37(39)45-41(49)25-21-35-33-15-7-9-17-43(33)51-47(35)45)30-20-24-40-38(28-30)46-42(50(40)32-13-5-2-6-14-32)26-22-36-34-16-8-10-18-44(34)52-48(36)46/h1-28H. The summed E-state index contributed by atoms with van der Waals surface area (Å²) < 4.78 is 18.0. The normalized spacial score (nSPS) is 12.2. The summed E-state index contributed by atoms with van der Waals surface area (Å²) in [7, 11) is 0. The summed E-state index contributed by atoms with van der Waals surface area (Å²) in [6.07, 6.45) is 0. The predicted molar refractivity (Wildman–Crippen MR) is 215 cm³/mol. The third kappa shape index (κ3) is 3.70. The Bertz CT molecular complexity index is 3170. The molecule has 0 saturated heterocycles. The zero-order valence-electron chi connectivity index (χ0n) is 27.9. The van der Waals surface area contributed by atoms with Crippen LogP contribution in [0.15, 0.2) is 179 Å². The van der Waals surface area contributed by atoms with Crippen molar-refractivity contribution in [2.24, 2.45) is 0 Å². The number of benzene rings is 8. The first kappa shape index (κ1) is 27.7. The monoisotopic (exact) mass is 664 g/mol. The van der Waals surface area contributed by atoms with Crippen LogP contribution in [-0.4, -0.2) is 9.13 Å². The number of hydrogen-bond donors (Lipinski definition) is 0. The fraction of sp³-hybridized carbons (Fsp3) is 0. The first-order chi connectivity index (χ1) is 25.8. The van der Waals surface area contributed by atoms with E-state index in [9.17, 15) is 0 Å². The van der Waals surface area contributed by atoms with Crippen LogP contribution in [0, 0.1) is 0 Å². The first-order valence-electron chi connectivity index (χ1n) is 17.7. The lowest BCUT2D eigenvalue weighted by molar-refractivity contribution is 0.672. The zero-order chi connectivity index (χ0) is 33.9. The molecule has 0 saturated carbocycles. The van der Waals surface area contributed by atoms with E-state index in [0.717, 1.165) is 110 Å². The largest absolute Gasteiger partial charge is 0.455 e. The van der Waals surface area contributed by atoms with Crippen LogP contribution in [0.2, 0.25) is 0 Å². The summed E-state index contributed by atoms with van der Waals surface area (Å²) in [5.41, 5.74) is 12.7. The topological polar surface area (TPSA) is 36.1 Å². The smallest absolute Gasteiger partial charge is 0.145 e. The second kappa shape index (κ2) is 10.3. The van der Waals surface area contributed by atoms with Gasteiger partial charge in [0.1, 0.15) is 22.3 Å². The average Bonchev–Trinajstić information content (AvgIpc) is 3.95. The molecule has 0 aliphatic rings. The van der Waals surface area contributed by atoms with Gasteiger partial charge in [0.25, 0.3) is 0 Å². The van der Waals surface area contributed by atoms with Gasteiger partial charge in [-0.25, -0.2) is 0 Å². The van der Waals surface area contributed by atoms with E-state index in [2.05, 4.69) is 167 Å². The van der Waals surface area contributed by atoms with Crippen molar-refractivity contribution in [2.75, 3.05) is 0 Å². The lowest BCUT2D eigenvalue weighted by Gasteiger charge is -2.09. The highest BCUT2D eigenvalue weighted by molar-refractivity contribution is 6.26. The highest BCUT2D eigenvalue weighted by atomic mass is 16.3. The van der Waals surface area contributed by atoms with Crippen LogP contribution in [0.1, 0.15) is 0 Å². The van der Waals surface area contributed by atoms with E-state index in [0.29, 0.717) is 0 Å². The van der Waals surface area contributed by atoms with Gasteiger partial charge in [0.2, 0.25) is 0 Å². The number of furan rings is 2. The molecule has 0 atom stereocenters. The average molecular weight is 665 g/mol. The maximum absolute atomic E-state index is 6.66. The molecule has 12 aromatic rings. The Morgan fingerprint density at radius 2 is 0.712 bits per heavy atom. The molecule has 0 radical (unpaired) electrons. The molecule has 0 spiro atoms. The molecular formula is C48H28N2O2. The van der Waals surface area contributed by atoms with Crippen molar-refractivity contribution >= 4 is 87.5 Å². The van der Waals surface area contributed by atoms with Crippen molar-refractivity contribution in [3.8, 4) is 22.5 Å². The Kier molecular flexibility index (Phi) is 5.47. The fourth-order valence-electron chi connectivity index (χ4n) is 8.64. The van der Waals surface area contributed by atoms with Crippen LogP contribution in [-0.2, 0) is 0 Å². The Hall–Kier alpha value is -7.04. The SMILES string of the molecule is c1ccc(-n2c3ccc(-c4ccc5c(c4)c4c6oc7ccccc7c6ccc4n5-c4ccccc4)cc3c3c4oc5ccccc5c4ccc32)cc1. The van der Waals surface area contributed by atoms with Crippen LogP contribution in [0.25, 0.3) is 110 Å². The van der Waals surface area contributed by atoms with Gasteiger partial charge in [0.05, 0.1) is 32.8 Å². The molecular weight excluding hydrogens is 637 g/mol. The van der Waals surface area contributed by atoms with Crippen LogP contribution in [0.4, 0.5) is 0 Å². The van der Waals surface area contributed by atoms with Crippen molar-refractivity contribution in [3.63, 3.8) is 0 Å². The highest BCUT2D eigenvalue weighted by Gasteiger charge is 2.22. The van der Waals surface area contributed by atoms with Crippen LogP contribution >= 0.6 is 0 Å². The Morgan fingerprint density at radius 3 is 1.17 bits per heavy atom. The van der Waals surface area contributed by atoms with E-state index in [-0.39, 0.29) is 0 Å². The van der Waals surface area contributed by atoms with Crippen LogP contribution < -0.4 is 0 Å². The van der Waals surface area contributed by atoms with Gasteiger partial charge in [-0.05, 0) is 96.1 Å².